The number of rotatable bonds is 4. The predicted octanol–water partition coefficient (Wildman–Crippen LogP) is 1.93. The quantitative estimate of drug-likeness (QED) is 0.870. The molecule has 2 aliphatic rings. The van der Waals surface area contributed by atoms with E-state index in [0.29, 0.717) is 13.0 Å². The number of fused-ring (bicyclic) bond motifs is 1. The van der Waals surface area contributed by atoms with Gasteiger partial charge < -0.3 is 15.8 Å². The van der Waals surface area contributed by atoms with Crippen LogP contribution >= 0.6 is 15.9 Å². The van der Waals surface area contributed by atoms with Crippen molar-refractivity contribution in [3.05, 3.63) is 33.8 Å². The van der Waals surface area contributed by atoms with Crippen LogP contribution < -0.4 is 11.1 Å². The predicted molar refractivity (Wildman–Crippen MR) is 85.1 cm³/mol. The number of ether oxygens (including phenoxy) is 1. The summed E-state index contributed by atoms with van der Waals surface area (Å²) in [5, 5.41) is 3.42. The van der Waals surface area contributed by atoms with E-state index in [1.165, 1.54) is 11.1 Å². The van der Waals surface area contributed by atoms with Gasteiger partial charge >= 0.3 is 0 Å². The van der Waals surface area contributed by atoms with Gasteiger partial charge in [0.05, 0.1) is 6.10 Å². The van der Waals surface area contributed by atoms with E-state index < -0.39 is 5.54 Å². The fourth-order valence-corrected chi connectivity index (χ4v) is 3.73. The first kappa shape index (κ1) is 15.0. The number of carbonyl (C=O) groups is 1. The fourth-order valence-electron chi connectivity index (χ4n) is 3.32. The van der Waals surface area contributed by atoms with Crippen molar-refractivity contribution in [2.24, 2.45) is 5.73 Å². The zero-order chi connectivity index (χ0) is 14.9. The molecule has 1 aromatic carbocycles. The minimum absolute atomic E-state index is 0.215. The number of aryl methyl sites for hydroxylation is 1. The molecule has 1 aromatic rings. The van der Waals surface area contributed by atoms with Crippen LogP contribution in [0.1, 0.15) is 30.4 Å². The Bertz CT molecular complexity index is 543. The third-order valence-electron chi connectivity index (χ3n) is 4.65. The number of amides is 1. The zero-order valence-electron chi connectivity index (χ0n) is 12.0. The monoisotopic (exact) mass is 352 g/mol. The lowest BCUT2D eigenvalue weighted by atomic mass is 9.77. The Labute approximate surface area is 133 Å². The highest BCUT2D eigenvalue weighted by Crippen LogP contribution is 2.31. The van der Waals surface area contributed by atoms with Gasteiger partial charge in [0.2, 0.25) is 5.91 Å². The Morgan fingerprint density at radius 2 is 2.33 bits per heavy atom. The Kier molecular flexibility index (Phi) is 4.33. The summed E-state index contributed by atoms with van der Waals surface area (Å²) in [4.78, 5) is 12.1. The Balaban J connectivity index is 1.75. The van der Waals surface area contributed by atoms with Crippen LogP contribution in [-0.2, 0) is 22.4 Å². The minimum Gasteiger partial charge on any atom is -0.377 e. The largest absolute Gasteiger partial charge is 0.377 e. The number of nitrogens with one attached hydrogen (secondary N) is 1. The van der Waals surface area contributed by atoms with E-state index in [-0.39, 0.29) is 12.0 Å². The van der Waals surface area contributed by atoms with Crippen molar-refractivity contribution in [2.75, 3.05) is 13.2 Å². The Morgan fingerprint density at radius 3 is 3.05 bits per heavy atom. The molecular weight excluding hydrogens is 332 g/mol. The summed E-state index contributed by atoms with van der Waals surface area (Å²) >= 11 is 3.50. The maximum absolute atomic E-state index is 12.1. The first-order chi connectivity index (χ1) is 10.1. The summed E-state index contributed by atoms with van der Waals surface area (Å²) in [6, 6.07) is 6.25. The first-order valence-electron chi connectivity index (χ1n) is 7.53. The van der Waals surface area contributed by atoms with Crippen LogP contribution in [0.15, 0.2) is 22.7 Å². The molecular formula is C16H21BrN2O2. The maximum atomic E-state index is 12.1. The Hall–Kier alpha value is -0.910. The topological polar surface area (TPSA) is 64.4 Å². The van der Waals surface area contributed by atoms with Gasteiger partial charge in [0, 0.05) is 17.6 Å². The van der Waals surface area contributed by atoms with Crippen LogP contribution in [0, 0.1) is 0 Å². The number of carbonyl (C=O) groups excluding carboxylic acids is 1. The molecule has 0 aromatic heterocycles. The van der Waals surface area contributed by atoms with Gasteiger partial charge in [-0.1, -0.05) is 22.0 Å². The third kappa shape index (κ3) is 3.15. The summed E-state index contributed by atoms with van der Waals surface area (Å²) in [5.41, 5.74) is 7.61. The summed E-state index contributed by atoms with van der Waals surface area (Å²) < 4.78 is 6.72. The van der Waals surface area contributed by atoms with E-state index in [0.717, 1.165) is 36.8 Å². The fraction of sp³-hybridized carbons (Fsp3) is 0.562. The van der Waals surface area contributed by atoms with Crippen LogP contribution in [0.5, 0.6) is 0 Å². The second-order valence-electron chi connectivity index (χ2n) is 6.05. The number of primary amides is 1. The van der Waals surface area contributed by atoms with E-state index >= 15 is 0 Å². The highest BCUT2D eigenvalue weighted by molar-refractivity contribution is 9.10. The molecule has 1 fully saturated rings. The van der Waals surface area contributed by atoms with Gasteiger partial charge in [-0.2, -0.15) is 0 Å². The van der Waals surface area contributed by atoms with Crippen LogP contribution in [0.3, 0.4) is 0 Å². The van der Waals surface area contributed by atoms with E-state index in [2.05, 4.69) is 33.4 Å². The molecule has 1 amide bonds. The molecule has 2 atom stereocenters. The molecule has 0 radical (unpaired) electrons. The molecule has 0 saturated carbocycles. The molecule has 2 unspecified atom stereocenters. The second kappa shape index (κ2) is 6.07. The van der Waals surface area contributed by atoms with E-state index in [1.54, 1.807) is 0 Å². The number of halogens is 1. The first-order valence-corrected chi connectivity index (χ1v) is 8.32. The highest BCUT2D eigenvalue weighted by Gasteiger charge is 2.40. The SMILES string of the molecule is NC(=O)C1(NCC2CCCO2)CCc2cc(Br)ccc2C1. The molecule has 1 heterocycles. The number of hydrogen-bond acceptors (Lipinski definition) is 3. The van der Waals surface area contributed by atoms with Crippen LogP contribution in [0.25, 0.3) is 0 Å². The van der Waals surface area contributed by atoms with Crippen LogP contribution in [0.2, 0.25) is 0 Å². The average molecular weight is 353 g/mol. The van der Waals surface area contributed by atoms with Gasteiger partial charge in [-0.3, -0.25) is 4.79 Å². The van der Waals surface area contributed by atoms with Gasteiger partial charge in [0.1, 0.15) is 5.54 Å². The van der Waals surface area contributed by atoms with Crippen molar-refractivity contribution in [1.29, 1.82) is 0 Å². The highest BCUT2D eigenvalue weighted by atomic mass is 79.9. The second-order valence-corrected chi connectivity index (χ2v) is 6.97. The lowest BCUT2D eigenvalue weighted by Gasteiger charge is -2.37. The maximum Gasteiger partial charge on any atom is 0.238 e. The van der Waals surface area contributed by atoms with Crippen molar-refractivity contribution in [3.63, 3.8) is 0 Å². The van der Waals surface area contributed by atoms with E-state index in [4.69, 9.17) is 10.5 Å². The van der Waals surface area contributed by atoms with Crippen molar-refractivity contribution in [1.82, 2.24) is 5.32 Å². The van der Waals surface area contributed by atoms with Crippen molar-refractivity contribution < 1.29 is 9.53 Å². The lowest BCUT2D eigenvalue weighted by Crippen LogP contribution is -2.60. The molecule has 1 aliphatic heterocycles. The van der Waals surface area contributed by atoms with Crippen LogP contribution in [-0.4, -0.2) is 30.7 Å². The smallest absolute Gasteiger partial charge is 0.238 e. The van der Waals surface area contributed by atoms with E-state index in [1.807, 2.05) is 6.07 Å². The van der Waals surface area contributed by atoms with Crippen LogP contribution in [0.4, 0.5) is 0 Å². The van der Waals surface area contributed by atoms with Gasteiger partial charge in [0.15, 0.2) is 0 Å². The average Bonchev–Trinajstić information content (AvgIpc) is 2.98. The molecule has 1 aliphatic carbocycles. The van der Waals surface area contributed by atoms with Gasteiger partial charge in [-0.25, -0.2) is 0 Å². The van der Waals surface area contributed by atoms with Gasteiger partial charge in [-0.15, -0.1) is 0 Å². The molecule has 0 bridgehead atoms. The van der Waals surface area contributed by atoms with Crippen molar-refractivity contribution in [2.45, 2.75) is 43.7 Å². The number of hydrogen-bond donors (Lipinski definition) is 2. The number of benzene rings is 1. The lowest BCUT2D eigenvalue weighted by molar-refractivity contribution is -0.125. The molecule has 4 nitrogen and oxygen atoms in total. The zero-order valence-corrected chi connectivity index (χ0v) is 13.6. The summed E-state index contributed by atoms with van der Waals surface area (Å²) in [7, 11) is 0. The molecule has 21 heavy (non-hydrogen) atoms. The number of nitrogens with two attached hydrogens (primary N) is 1. The van der Waals surface area contributed by atoms with E-state index in [9.17, 15) is 4.79 Å². The van der Waals surface area contributed by atoms with Gasteiger partial charge in [0.25, 0.3) is 0 Å². The standard InChI is InChI=1S/C16H21BrN2O2/c17-13-4-3-12-9-16(15(18)20,6-5-11(12)8-13)19-10-14-2-1-7-21-14/h3-4,8,14,19H,1-2,5-7,9-10H2,(H2,18,20). The molecule has 3 rings (SSSR count). The molecule has 3 N–H and O–H groups in total. The molecule has 5 heteroatoms. The molecule has 0 spiro atoms. The molecule has 1 saturated heterocycles. The van der Waals surface area contributed by atoms with Crippen molar-refractivity contribution >= 4 is 21.8 Å². The normalized spacial score (nSPS) is 28.3. The minimum atomic E-state index is -0.632. The van der Waals surface area contributed by atoms with Gasteiger partial charge in [-0.05, 0) is 55.4 Å². The third-order valence-corrected chi connectivity index (χ3v) is 5.14. The summed E-state index contributed by atoms with van der Waals surface area (Å²) in [5.74, 6) is -0.255. The summed E-state index contributed by atoms with van der Waals surface area (Å²) in [6.07, 6.45) is 4.66. The van der Waals surface area contributed by atoms with Crippen molar-refractivity contribution in [3.8, 4) is 0 Å². The summed E-state index contributed by atoms with van der Waals surface area (Å²) in [6.45, 7) is 1.53. The Morgan fingerprint density at radius 1 is 1.48 bits per heavy atom. The molecule has 114 valence electrons.